The van der Waals surface area contributed by atoms with Crippen molar-refractivity contribution in [3.63, 3.8) is 0 Å². The third kappa shape index (κ3) is 4.14. The molecule has 0 aliphatic heterocycles. The normalized spacial score (nSPS) is 10.9. The van der Waals surface area contributed by atoms with Crippen molar-refractivity contribution in [2.45, 2.75) is 26.3 Å². The SMILES string of the molecule is CC(C)N(CCCBr)C(=O)c1cc(F)c(Cl)cc1F. The van der Waals surface area contributed by atoms with Gasteiger partial charge in [-0.1, -0.05) is 27.5 Å². The van der Waals surface area contributed by atoms with Gasteiger partial charge in [-0.05, 0) is 32.4 Å². The number of nitrogens with zero attached hydrogens (tertiary/aromatic N) is 1. The summed E-state index contributed by atoms with van der Waals surface area (Å²) in [4.78, 5) is 13.7. The topological polar surface area (TPSA) is 20.3 Å². The number of alkyl halides is 1. The highest BCUT2D eigenvalue weighted by molar-refractivity contribution is 9.09. The lowest BCUT2D eigenvalue weighted by Crippen LogP contribution is -2.38. The maximum absolute atomic E-state index is 13.7. The molecule has 0 spiro atoms. The maximum atomic E-state index is 13.7. The lowest BCUT2D eigenvalue weighted by Gasteiger charge is -2.26. The highest BCUT2D eigenvalue weighted by atomic mass is 79.9. The second kappa shape index (κ2) is 7.20. The Kier molecular flexibility index (Phi) is 6.20. The molecule has 0 aliphatic carbocycles. The van der Waals surface area contributed by atoms with Crippen LogP contribution in [0.3, 0.4) is 0 Å². The third-order valence-corrected chi connectivity index (χ3v) is 3.51. The zero-order valence-electron chi connectivity index (χ0n) is 10.7. The molecule has 0 bridgehead atoms. The van der Waals surface area contributed by atoms with E-state index in [1.165, 1.54) is 4.90 Å². The zero-order chi connectivity index (χ0) is 14.6. The minimum absolute atomic E-state index is 0.0929. The van der Waals surface area contributed by atoms with Gasteiger partial charge in [0.15, 0.2) is 0 Å². The summed E-state index contributed by atoms with van der Waals surface area (Å²) in [6.45, 7) is 4.14. The van der Waals surface area contributed by atoms with Gasteiger partial charge < -0.3 is 4.90 Å². The van der Waals surface area contributed by atoms with Crippen molar-refractivity contribution in [1.82, 2.24) is 4.90 Å². The fraction of sp³-hybridized carbons (Fsp3) is 0.462. The summed E-state index contributed by atoms with van der Waals surface area (Å²) in [6, 6.07) is 1.58. The van der Waals surface area contributed by atoms with Crippen LogP contribution in [0.4, 0.5) is 8.78 Å². The second-order valence-electron chi connectivity index (χ2n) is 4.38. The van der Waals surface area contributed by atoms with Crippen molar-refractivity contribution in [3.05, 3.63) is 34.4 Å². The highest BCUT2D eigenvalue weighted by Gasteiger charge is 2.22. The average Bonchev–Trinajstić information content (AvgIpc) is 2.33. The molecule has 1 amide bonds. The first-order valence-corrected chi connectivity index (χ1v) is 7.40. The quantitative estimate of drug-likeness (QED) is 0.572. The van der Waals surface area contributed by atoms with Gasteiger partial charge in [0, 0.05) is 17.9 Å². The van der Waals surface area contributed by atoms with E-state index in [1.54, 1.807) is 0 Å². The van der Waals surface area contributed by atoms with E-state index in [4.69, 9.17) is 11.6 Å². The van der Waals surface area contributed by atoms with E-state index in [2.05, 4.69) is 15.9 Å². The number of hydrogen-bond donors (Lipinski definition) is 0. The molecule has 1 aromatic rings. The number of halogens is 4. The molecule has 1 aromatic carbocycles. The Balaban J connectivity index is 3.06. The monoisotopic (exact) mass is 353 g/mol. The van der Waals surface area contributed by atoms with Crippen LogP contribution in [0.1, 0.15) is 30.6 Å². The van der Waals surface area contributed by atoms with E-state index in [0.29, 0.717) is 6.54 Å². The van der Waals surface area contributed by atoms with Crippen molar-refractivity contribution in [2.24, 2.45) is 0 Å². The first-order chi connectivity index (χ1) is 8.88. The standard InChI is InChI=1S/C13H15BrClF2NO/c1-8(2)18(5-3-4-14)13(19)9-6-12(17)10(15)7-11(9)16/h6-8H,3-5H2,1-2H3. The van der Waals surface area contributed by atoms with E-state index < -0.39 is 17.5 Å². The zero-order valence-corrected chi connectivity index (χ0v) is 13.1. The molecule has 106 valence electrons. The fourth-order valence-corrected chi connectivity index (χ4v) is 2.07. The van der Waals surface area contributed by atoms with Gasteiger partial charge in [-0.25, -0.2) is 8.78 Å². The second-order valence-corrected chi connectivity index (χ2v) is 5.58. The van der Waals surface area contributed by atoms with Crippen LogP contribution in [0.15, 0.2) is 12.1 Å². The number of rotatable bonds is 5. The number of benzene rings is 1. The number of carbonyl (C=O) groups is 1. The Hall–Kier alpha value is -0.680. The minimum atomic E-state index is -0.805. The summed E-state index contributed by atoms with van der Waals surface area (Å²) in [5.74, 6) is -2.12. The molecule has 2 nitrogen and oxygen atoms in total. The summed E-state index contributed by atoms with van der Waals surface area (Å²) in [7, 11) is 0. The van der Waals surface area contributed by atoms with Crippen LogP contribution in [0, 0.1) is 11.6 Å². The van der Waals surface area contributed by atoms with Crippen LogP contribution in [0.2, 0.25) is 5.02 Å². The summed E-state index contributed by atoms with van der Waals surface area (Å²) >= 11 is 8.75. The van der Waals surface area contributed by atoms with Gasteiger partial charge in [-0.2, -0.15) is 0 Å². The van der Waals surface area contributed by atoms with Crippen LogP contribution in [0.25, 0.3) is 0 Å². The van der Waals surface area contributed by atoms with Crippen molar-refractivity contribution < 1.29 is 13.6 Å². The van der Waals surface area contributed by atoms with E-state index in [1.807, 2.05) is 13.8 Å². The van der Waals surface area contributed by atoms with Crippen LogP contribution in [0.5, 0.6) is 0 Å². The fourth-order valence-electron chi connectivity index (χ4n) is 1.67. The van der Waals surface area contributed by atoms with Gasteiger partial charge in [0.2, 0.25) is 0 Å². The average molecular weight is 355 g/mol. The molecule has 0 saturated heterocycles. The number of carbonyl (C=O) groups excluding carboxylic acids is 1. The molecular formula is C13H15BrClF2NO. The molecule has 19 heavy (non-hydrogen) atoms. The maximum Gasteiger partial charge on any atom is 0.257 e. The van der Waals surface area contributed by atoms with Gasteiger partial charge in [-0.3, -0.25) is 4.79 Å². The third-order valence-electron chi connectivity index (χ3n) is 2.66. The van der Waals surface area contributed by atoms with Crippen LogP contribution in [-0.2, 0) is 0 Å². The first kappa shape index (κ1) is 16.4. The Morgan fingerprint density at radius 3 is 2.53 bits per heavy atom. The summed E-state index contributed by atoms with van der Waals surface area (Å²) in [6.07, 6.45) is 0.738. The van der Waals surface area contributed by atoms with Crippen molar-refractivity contribution in [1.29, 1.82) is 0 Å². The predicted octanol–water partition coefficient (Wildman–Crippen LogP) is 4.25. The lowest BCUT2D eigenvalue weighted by molar-refractivity contribution is 0.0701. The van der Waals surface area contributed by atoms with Crippen LogP contribution >= 0.6 is 27.5 Å². The summed E-state index contributed by atoms with van der Waals surface area (Å²) < 4.78 is 27.1. The van der Waals surface area contributed by atoms with Crippen molar-refractivity contribution in [3.8, 4) is 0 Å². The molecule has 0 atom stereocenters. The van der Waals surface area contributed by atoms with E-state index in [-0.39, 0.29) is 16.6 Å². The molecular weight excluding hydrogens is 340 g/mol. The van der Waals surface area contributed by atoms with Gasteiger partial charge in [0.05, 0.1) is 10.6 Å². The molecule has 1 rings (SSSR count). The van der Waals surface area contributed by atoms with Gasteiger partial charge in [0.25, 0.3) is 5.91 Å². The molecule has 6 heteroatoms. The first-order valence-electron chi connectivity index (χ1n) is 5.90. The minimum Gasteiger partial charge on any atom is -0.336 e. The number of amides is 1. The molecule has 0 heterocycles. The van der Waals surface area contributed by atoms with Gasteiger partial charge in [-0.15, -0.1) is 0 Å². The van der Waals surface area contributed by atoms with Crippen LogP contribution in [-0.4, -0.2) is 28.7 Å². The smallest absolute Gasteiger partial charge is 0.257 e. The largest absolute Gasteiger partial charge is 0.336 e. The molecule has 0 saturated carbocycles. The van der Waals surface area contributed by atoms with E-state index in [9.17, 15) is 13.6 Å². The Labute approximate surface area is 124 Å². The molecule has 0 radical (unpaired) electrons. The molecule has 0 unspecified atom stereocenters. The Bertz CT molecular complexity index is 468. The van der Waals surface area contributed by atoms with E-state index >= 15 is 0 Å². The van der Waals surface area contributed by atoms with E-state index in [0.717, 1.165) is 23.9 Å². The Morgan fingerprint density at radius 1 is 1.37 bits per heavy atom. The predicted molar refractivity (Wildman–Crippen MR) is 76.0 cm³/mol. The van der Waals surface area contributed by atoms with Crippen molar-refractivity contribution in [2.75, 3.05) is 11.9 Å². The molecule has 0 N–H and O–H groups in total. The summed E-state index contributed by atoms with van der Waals surface area (Å²) in [5.41, 5.74) is -0.287. The highest BCUT2D eigenvalue weighted by Crippen LogP contribution is 2.21. The Morgan fingerprint density at radius 2 is 2.00 bits per heavy atom. The van der Waals surface area contributed by atoms with Crippen LogP contribution < -0.4 is 0 Å². The lowest BCUT2D eigenvalue weighted by atomic mass is 10.1. The molecule has 0 aliphatic rings. The van der Waals surface area contributed by atoms with Gasteiger partial charge >= 0.3 is 0 Å². The molecule has 0 aromatic heterocycles. The number of hydrogen-bond acceptors (Lipinski definition) is 1. The molecule has 0 fully saturated rings. The van der Waals surface area contributed by atoms with Crippen molar-refractivity contribution >= 4 is 33.4 Å². The van der Waals surface area contributed by atoms with Gasteiger partial charge in [0.1, 0.15) is 11.6 Å². The summed E-state index contributed by atoms with van der Waals surface area (Å²) in [5, 5.41) is 0.409.